The van der Waals surface area contributed by atoms with E-state index in [1.807, 2.05) is 5.43 Å². The van der Waals surface area contributed by atoms with E-state index in [-0.39, 0.29) is 37.1 Å². The summed E-state index contributed by atoms with van der Waals surface area (Å²) >= 11 is 0. The highest BCUT2D eigenvalue weighted by atomic mass is 35.5. The summed E-state index contributed by atoms with van der Waals surface area (Å²) in [6.45, 7) is 0. The largest absolute Gasteiger partial charge is 0.469 e. The van der Waals surface area contributed by atoms with Crippen molar-refractivity contribution in [1.82, 2.24) is 5.43 Å². The lowest BCUT2D eigenvalue weighted by molar-refractivity contribution is -0.140. The van der Waals surface area contributed by atoms with Crippen LogP contribution in [0.1, 0.15) is 19.3 Å². The Labute approximate surface area is 77.0 Å². The van der Waals surface area contributed by atoms with E-state index in [1.165, 1.54) is 7.11 Å². The molecule has 3 N–H and O–H groups in total. The number of rotatable bonds is 4. The lowest BCUT2D eigenvalue weighted by atomic mass is 10.2. The van der Waals surface area contributed by atoms with Crippen LogP contribution in [-0.2, 0) is 14.3 Å². The Morgan fingerprint density at radius 2 is 2.00 bits per heavy atom. The summed E-state index contributed by atoms with van der Waals surface area (Å²) in [7, 11) is 1.31. The molecule has 0 saturated heterocycles. The summed E-state index contributed by atoms with van der Waals surface area (Å²) in [5, 5.41) is 0. The van der Waals surface area contributed by atoms with Gasteiger partial charge >= 0.3 is 5.97 Å². The van der Waals surface area contributed by atoms with Crippen molar-refractivity contribution in [2.24, 2.45) is 5.84 Å². The van der Waals surface area contributed by atoms with Crippen molar-refractivity contribution in [3.8, 4) is 0 Å². The van der Waals surface area contributed by atoms with E-state index in [0.29, 0.717) is 6.42 Å². The van der Waals surface area contributed by atoms with Gasteiger partial charge in [-0.15, -0.1) is 12.4 Å². The van der Waals surface area contributed by atoms with Gasteiger partial charge in [-0.25, -0.2) is 5.84 Å². The number of ether oxygens (including phenoxy) is 1. The lowest BCUT2D eigenvalue weighted by Gasteiger charge is -1.98. The molecule has 0 aliphatic rings. The molecule has 1 amide bonds. The van der Waals surface area contributed by atoms with E-state index in [1.54, 1.807) is 0 Å². The van der Waals surface area contributed by atoms with Crippen molar-refractivity contribution >= 4 is 24.3 Å². The molecule has 0 heterocycles. The van der Waals surface area contributed by atoms with Crippen LogP contribution in [0.3, 0.4) is 0 Å². The van der Waals surface area contributed by atoms with E-state index in [9.17, 15) is 9.59 Å². The molecule has 0 atom stereocenters. The fraction of sp³-hybridized carbons (Fsp3) is 0.667. The van der Waals surface area contributed by atoms with Gasteiger partial charge < -0.3 is 4.74 Å². The molecule has 0 radical (unpaired) electrons. The predicted octanol–water partition coefficient (Wildman–Crippen LogP) is -0.259. The number of halogens is 1. The Balaban J connectivity index is 0. The van der Waals surface area contributed by atoms with E-state index in [0.717, 1.165) is 0 Å². The van der Waals surface area contributed by atoms with Gasteiger partial charge in [0.15, 0.2) is 0 Å². The zero-order valence-corrected chi connectivity index (χ0v) is 7.65. The molecule has 0 aromatic rings. The van der Waals surface area contributed by atoms with E-state index < -0.39 is 0 Å². The van der Waals surface area contributed by atoms with E-state index in [2.05, 4.69) is 4.74 Å². The molecule has 0 bridgehead atoms. The molecule has 72 valence electrons. The maximum absolute atomic E-state index is 10.5. The van der Waals surface area contributed by atoms with Crippen LogP contribution in [0.25, 0.3) is 0 Å². The first-order chi connectivity index (χ1) is 5.20. The number of carbonyl (C=O) groups excluding carboxylic acids is 2. The van der Waals surface area contributed by atoms with Gasteiger partial charge in [-0.1, -0.05) is 0 Å². The van der Waals surface area contributed by atoms with Gasteiger partial charge in [0.05, 0.1) is 7.11 Å². The minimum Gasteiger partial charge on any atom is -0.469 e. The summed E-state index contributed by atoms with van der Waals surface area (Å²) in [6, 6.07) is 0. The number of carbonyl (C=O) groups is 2. The molecule has 0 aromatic carbocycles. The second-order valence-corrected chi connectivity index (χ2v) is 2.00. The van der Waals surface area contributed by atoms with Gasteiger partial charge in [0.2, 0.25) is 5.91 Å². The molecule has 5 nitrogen and oxygen atoms in total. The number of hydrogen-bond acceptors (Lipinski definition) is 4. The molecule has 0 fully saturated rings. The summed E-state index contributed by atoms with van der Waals surface area (Å²) in [4.78, 5) is 21.0. The van der Waals surface area contributed by atoms with Gasteiger partial charge in [-0.3, -0.25) is 15.0 Å². The standard InChI is InChI=1S/C6H12N2O3.ClH/c1-11-6(10)4-2-3-5(9)8-7;/h2-4,7H2,1H3,(H,8,9);1H. The third kappa shape index (κ3) is 7.30. The molecule has 0 aliphatic carbocycles. The summed E-state index contributed by atoms with van der Waals surface area (Å²) in [5.74, 6) is 4.23. The number of hydrazine groups is 1. The number of nitrogens with one attached hydrogen (secondary N) is 1. The zero-order chi connectivity index (χ0) is 8.69. The monoisotopic (exact) mass is 196 g/mol. The summed E-state index contributed by atoms with van der Waals surface area (Å²) in [5.41, 5.74) is 1.97. The zero-order valence-electron chi connectivity index (χ0n) is 6.83. The normalized spacial score (nSPS) is 8.17. The fourth-order valence-corrected chi connectivity index (χ4v) is 0.568. The second kappa shape index (κ2) is 8.29. The maximum atomic E-state index is 10.5. The third-order valence-electron chi connectivity index (χ3n) is 1.17. The number of amides is 1. The van der Waals surface area contributed by atoms with Crippen molar-refractivity contribution in [1.29, 1.82) is 0 Å². The van der Waals surface area contributed by atoms with E-state index in [4.69, 9.17) is 5.84 Å². The van der Waals surface area contributed by atoms with Crippen LogP contribution in [0.4, 0.5) is 0 Å². The number of methoxy groups -OCH3 is 1. The number of nitrogens with two attached hydrogens (primary N) is 1. The maximum Gasteiger partial charge on any atom is 0.305 e. The average molecular weight is 197 g/mol. The Kier molecular flexibility index (Phi) is 9.50. The molecule has 0 rings (SSSR count). The van der Waals surface area contributed by atoms with Crippen molar-refractivity contribution < 1.29 is 14.3 Å². The molecule has 0 unspecified atom stereocenters. The van der Waals surface area contributed by atoms with Gasteiger partial charge in [-0.2, -0.15) is 0 Å². The molecule has 0 spiro atoms. The molecule has 0 aliphatic heterocycles. The Hall–Kier alpha value is -0.810. The molecule has 0 aromatic heterocycles. The SMILES string of the molecule is COC(=O)CCCC(=O)NN.Cl. The summed E-state index contributed by atoms with van der Waals surface area (Å²) < 4.78 is 4.36. The van der Waals surface area contributed by atoms with Crippen LogP contribution in [0, 0.1) is 0 Å². The fourth-order valence-electron chi connectivity index (χ4n) is 0.568. The minimum atomic E-state index is -0.310. The summed E-state index contributed by atoms with van der Waals surface area (Å²) in [6.07, 6.45) is 0.977. The van der Waals surface area contributed by atoms with Gasteiger partial charge in [0.25, 0.3) is 0 Å². The Morgan fingerprint density at radius 3 is 2.42 bits per heavy atom. The van der Waals surface area contributed by atoms with Gasteiger partial charge in [-0.05, 0) is 6.42 Å². The Bertz CT molecular complexity index is 136. The topological polar surface area (TPSA) is 81.4 Å². The minimum absolute atomic E-state index is 0. The van der Waals surface area contributed by atoms with Crippen molar-refractivity contribution in [3.05, 3.63) is 0 Å². The molecule has 6 heteroatoms. The van der Waals surface area contributed by atoms with Gasteiger partial charge in [0.1, 0.15) is 0 Å². The van der Waals surface area contributed by atoms with Crippen LogP contribution in [0.5, 0.6) is 0 Å². The Morgan fingerprint density at radius 1 is 1.42 bits per heavy atom. The van der Waals surface area contributed by atoms with E-state index >= 15 is 0 Å². The molecule has 12 heavy (non-hydrogen) atoms. The highest BCUT2D eigenvalue weighted by Gasteiger charge is 2.02. The number of esters is 1. The van der Waals surface area contributed by atoms with Gasteiger partial charge in [0, 0.05) is 12.8 Å². The highest BCUT2D eigenvalue weighted by molar-refractivity contribution is 5.85. The highest BCUT2D eigenvalue weighted by Crippen LogP contribution is 1.95. The molecule has 0 saturated carbocycles. The first-order valence-electron chi connectivity index (χ1n) is 3.27. The van der Waals surface area contributed by atoms with Crippen molar-refractivity contribution in [2.45, 2.75) is 19.3 Å². The van der Waals surface area contributed by atoms with Crippen LogP contribution >= 0.6 is 12.4 Å². The first-order valence-corrected chi connectivity index (χ1v) is 3.27. The van der Waals surface area contributed by atoms with Crippen molar-refractivity contribution in [2.75, 3.05) is 7.11 Å². The van der Waals surface area contributed by atoms with Crippen LogP contribution in [0.2, 0.25) is 0 Å². The van der Waals surface area contributed by atoms with Crippen LogP contribution in [0.15, 0.2) is 0 Å². The number of hydrogen-bond donors (Lipinski definition) is 2. The smallest absolute Gasteiger partial charge is 0.305 e. The molecular formula is C6H13ClN2O3. The van der Waals surface area contributed by atoms with Crippen LogP contribution < -0.4 is 11.3 Å². The quantitative estimate of drug-likeness (QED) is 0.281. The van der Waals surface area contributed by atoms with Crippen LogP contribution in [-0.4, -0.2) is 19.0 Å². The van der Waals surface area contributed by atoms with Crippen molar-refractivity contribution in [3.63, 3.8) is 0 Å². The molecular weight excluding hydrogens is 184 g/mol. The average Bonchev–Trinajstić information content (AvgIpc) is 2.04. The third-order valence-corrected chi connectivity index (χ3v) is 1.17. The lowest BCUT2D eigenvalue weighted by Crippen LogP contribution is -2.29. The predicted molar refractivity (Wildman–Crippen MR) is 45.4 cm³/mol. The first kappa shape index (κ1) is 13.8. The second-order valence-electron chi connectivity index (χ2n) is 2.00.